The molecule has 3 aromatic rings. The number of rotatable bonds is 8. The SMILES string of the molecule is CCN(Cc1nc2ccccc2c(=O)[nH]1)C(=O)/C=C/c1cc(OC)c(OC)c(OC)c1. The summed E-state index contributed by atoms with van der Waals surface area (Å²) in [6, 6.07) is 10.6. The molecular weight excluding hydrogens is 398 g/mol. The minimum Gasteiger partial charge on any atom is -0.493 e. The molecule has 0 spiro atoms. The van der Waals surface area contributed by atoms with E-state index in [1.54, 1.807) is 41.3 Å². The van der Waals surface area contributed by atoms with Crippen LogP contribution in [0.25, 0.3) is 17.0 Å². The van der Waals surface area contributed by atoms with Gasteiger partial charge in [-0.15, -0.1) is 0 Å². The predicted molar refractivity (Wildman–Crippen MR) is 119 cm³/mol. The van der Waals surface area contributed by atoms with Crippen LogP contribution in [0.5, 0.6) is 17.2 Å². The van der Waals surface area contributed by atoms with Gasteiger partial charge in [-0.3, -0.25) is 9.59 Å². The number of ether oxygens (including phenoxy) is 3. The van der Waals surface area contributed by atoms with Crippen molar-refractivity contribution >= 4 is 22.9 Å². The summed E-state index contributed by atoms with van der Waals surface area (Å²) in [7, 11) is 4.60. The van der Waals surface area contributed by atoms with Crippen LogP contribution in [0, 0.1) is 0 Å². The van der Waals surface area contributed by atoms with Gasteiger partial charge in [-0.2, -0.15) is 0 Å². The molecule has 0 saturated heterocycles. The van der Waals surface area contributed by atoms with Crippen LogP contribution in [-0.2, 0) is 11.3 Å². The Morgan fingerprint density at radius 2 is 1.77 bits per heavy atom. The van der Waals surface area contributed by atoms with Crippen molar-refractivity contribution in [3.05, 3.63) is 64.2 Å². The Hall–Kier alpha value is -3.81. The predicted octanol–water partition coefficient (Wildman–Crippen LogP) is 3.01. The molecule has 162 valence electrons. The van der Waals surface area contributed by atoms with Gasteiger partial charge in [0.05, 0.1) is 38.8 Å². The number of fused-ring (bicyclic) bond motifs is 1. The molecule has 0 unspecified atom stereocenters. The summed E-state index contributed by atoms with van der Waals surface area (Å²) < 4.78 is 16.0. The Bertz CT molecular complexity index is 1140. The molecule has 0 aliphatic rings. The van der Waals surface area contributed by atoms with E-state index in [1.165, 1.54) is 27.4 Å². The number of nitrogens with zero attached hydrogens (tertiary/aromatic N) is 2. The van der Waals surface area contributed by atoms with Crippen molar-refractivity contribution in [2.45, 2.75) is 13.5 Å². The summed E-state index contributed by atoms with van der Waals surface area (Å²) in [6.45, 7) is 2.51. The first-order valence-electron chi connectivity index (χ1n) is 9.75. The van der Waals surface area contributed by atoms with Crippen molar-refractivity contribution < 1.29 is 19.0 Å². The highest BCUT2D eigenvalue weighted by atomic mass is 16.5. The molecule has 8 nitrogen and oxygen atoms in total. The first kappa shape index (κ1) is 21.9. The van der Waals surface area contributed by atoms with Gasteiger partial charge in [0, 0.05) is 12.6 Å². The lowest BCUT2D eigenvalue weighted by atomic mass is 10.1. The lowest BCUT2D eigenvalue weighted by Gasteiger charge is -2.18. The highest BCUT2D eigenvalue weighted by Gasteiger charge is 2.14. The number of benzene rings is 2. The summed E-state index contributed by atoms with van der Waals surface area (Å²) in [4.78, 5) is 33.8. The zero-order valence-corrected chi connectivity index (χ0v) is 18.0. The van der Waals surface area contributed by atoms with Gasteiger partial charge in [-0.05, 0) is 42.8 Å². The number of para-hydroxylation sites is 1. The van der Waals surface area contributed by atoms with Gasteiger partial charge in [0.2, 0.25) is 11.7 Å². The fourth-order valence-corrected chi connectivity index (χ4v) is 3.21. The van der Waals surface area contributed by atoms with Gasteiger partial charge in [0.15, 0.2) is 11.5 Å². The van der Waals surface area contributed by atoms with Crippen molar-refractivity contribution in [1.82, 2.24) is 14.9 Å². The number of aromatic nitrogens is 2. The monoisotopic (exact) mass is 423 g/mol. The number of H-pyrrole nitrogens is 1. The highest BCUT2D eigenvalue weighted by Crippen LogP contribution is 2.38. The standard InChI is InChI=1S/C23H25N3O5/c1-5-26(14-20-24-17-9-7-6-8-16(17)23(28)25-20)21(27)11-10-15-12-18(29-2)22(31-4)19(13-15)30-3/h6-13H,5,14H2,1-4H3,(H,24,25,28)/b11-10+. The van der Waals surface area contributed by atoms with E-state index in [0.717, 1.165) is 5.56 Å². The van der Waals surface area contributed by atoms with Gasteiger partial charge in [-0.25, -0.2) is 4.98 Å². The number of methoxy groups -OCH3 is 3. The maximum Gasteiger partial charge on any atom is 0.258 e. The number of hydrogen-bond donors (Lipinski definition) is 1. The Morgan fingerprint density at radius 3 is 2.39 bits per heavy atom. The lowest BCUT2D eigenvalue weighted by Crippen LogP contribution is -2.30. The van der Waals surface area contributed by atoms with E-state index in [4.69, 9.17) is 14.2 Å². The van der Waals surface area contributed by atoms with E-state index < -0.39 is 0 Å². The molecule has 0 radical (unpaired) electrons. The second kappa shape index (κ2) is 9.80. The van der Waals surface area contributed by atoms with Crippen LogP contribution >= 0.6 is 0 Å². The summed E-state index contributed by atoms with van der Waals surface area (Å²) in [5.74, 6) is 1.70. The molecule has 31 heavy (non-hydrogen) atoms. The van der Waals surface area contributed by atoms with Crippen molar-refractivity contribution in [2.24, 2.45) is 0 Å². The van der Waals surface area contributed by atoms with Crippen LogP contribution < -0.4 is 19.8 Å². The quantitative estimate of drug-likeness (QED) is 0.560. The van der Waals surface area contributed by atoms with Crippen molar-refractivity contribution in [3.8, 4) is 17.2 Å². The summed E-state index contributed by atoms with van der Waals surface area (Å²) in [6.07, 6.45) is 3.13. The number of aromatic amines is 1. The Labute approximate surface area is 180 Å². The first-order valence-corrected chi connectivity index (χ1v) is 9.75. The van der Waals surface area contributed by atoms with Gasteiger partial charge in [0.1, 0.15) is 5.82 Å². The second-order valence-corrected chi connectivity index (χ2v) is 6.67. The molecule has 1 heterocycles. The third-order valence-corrected chi connectivity index (χ3v) is 4.80. The summed E-state index contributed by atoms with van der Waals surface area (Å²) in [5, 5.41) is 0.517. The van der Waals surface area contributed by atoms with Crippen LogP contribution in [0.4, 0.5) is 0 Å². The lowest BCUT2D eigenvalue weighted by molar-refractivity contribution is -0.126. The summed E-state index contributed by atoms with van der Waals surface area (Å²) in [5.41, 5.74) is 1.09. The zero-order valence-electron chi connectivity index (χ0n) is 18.0. The fraction of sp³-hybridized carbons (Fsp3) is 0.261. The zero-order chi connectivity index (χ0) is 22.4. The van der Waals surface area contributed by atoms with Crippen molar-refractivity contribution in [3.63, 3.8) is 0 Å². The normalized spacial score (nSPS) is 11.0. The number of hydrogen-bond acceptors (Lipinski definition) is 6. The largest absolute Gasteiger partial charge is 0.493 e. The average molecular weight is 423 g/mol. The van der Waals surface area contributed by atoms with Crippen LogP contribution in [0.3, 0.4) is 0 Å². The number of carbonyl (C=O) groups is 1. The number of amides is 1. The third kappa shape index (κ3) is 4.85. The molecule has 8 heteroatoms. The van der Waals surface area contributed by atoms with E-state index in [-0.39, 0.29) is 18.0 Å². The number of likely N-dealkylation sites (N-methyl/N-ethyl adjacent to an activating group) is 1. The Kier molecular flexibility index (Phi) is 6.92. The summed E-state index contributed by atoms with van der Waals surface area (Å²) >= 11 is 0. The molecule has 0 atom stereocenters. The molecule has 1 N–H and O–H groups in total. The maximum atomic E-state index is 12.8. The molecular formula is C23H25N3O5. The average Bonchev–Trinajstić information content (AvgIpc) is 2.80. The molecule has 0 aliphatic carbocycles. The van der Waals surface area contributed by atoms with Crippen LogP contribution in [-0.4, -0.2) is 48.6 Å². The van der Waals surface area contributed by atoms with Gasteiger partial charge in [0.25, 0.3) is 5.56 Å². The molecule has 1 amide bonds. The van der Waals surface area contributed by atoms with Gasteiger partial charge in [-0.1, -0.05) is 12.1 Å². The van der Waals surface area contributed by atoms with E-state index in [9.17, 15) is 9.59 Å². The van der Waals surface area contributed by atoms with Crippen molar-refractivity contribution in [1.29, 1.82) is 0 Å². The fourth-order valence-electron chi connectivity index (χ4n) is 3.21. The third-order valence-electron chi connectivity index (χ3n) is 4.80. The smallest absolute Gasteiger partial charge is 0.258 e. The molecule has 2 aromatic carbocycles. The highest BCUT2D eigenvalue weighted by molar-refractivity contribution is 5.92. The Balaban J connectivity index is 1.82. The minimum absolute atomic E-state index is 0.189. The van der Waals surface area contributed by atoms with Gasteiger partial charge < -0.3 is 24.1 Å². The van der Waals surface area contributed by atoms with Crippen LogP contribution in [0.2, 0.25) is 0 Å². The Morgan fingerprint density at radius 1 is 1.10 bits per heavy atom. The van der Waals surface area contributed by atoms with Crippen LogP contribution in [0.15, 0.2) is 47.3 Å². The van der Waals surface area contributed by atoms with Crippen LogP contribution in [0.1, 0.15) is 18.3 Å². The molecule has 3 rings (SSSR count). The minimum atomic E-state index is -0.225. The topological polar surface area (TPSA) is 93.8 Å². The van der Waals surface area contributed by atoms with E-state index in [0.29, 0.717) is 40.5 Å². The second-order valence-electron chi connectivity index (χ2n) is 6.67. The number of carbonyl (C=O) groups excluding carboxylic acids is 1. The molecule has 0 bridgehead atoms. The molecule has 1 aromatic heterocycles. The van der Waals surface area contributed by atoms with E-state index in [1.807, 2.05) is 13.0 Å². The molecule has 0 aliphatic heterocycles. The van der Waals surface area contributed by atoms with Crippen molar-refractivity contribution in [2.75, 3.05) is 27.9 Å². The molecule has 0 fully saturated rings. The van der Waals surface area contributed by atoms with E-state index >= 15 is 0 Å². The van der Waals surface area contributed by atoms with E-state index in [2.05, 4.69) is 9.97 Å². The maximum absolute atomic E-state index is 12.8. The first-order chi connectivity index (χ1) is 15.0. The van der Waals surface area contributed by atoms with Gasteiger partial charge >= 0.3 is 0 Å². The molecule has 0 saturated carbocycles. The number of nitrogens with one attached hydrogen (secondary N) is 1.